The summed E-state index contributed by atoms with van der Waals surface area (Å²) >= 11 is 0. The van der Waals surface area contributed by atoms with Crippen molar-refractivity contribution in [2.24, 2.45) is 0 Å². The third-order valence-corrected chi connectivity index (χ3v) is 3.47. The van der Waals surface area contributed by atoms with Gasteiger partial charge < -0.3 is 10.8 Å². The summed E-state index contributed by atoms with van der Waals surface area (Å²) in [5.41, 5.74) is -3.89. The largest absolute Gasteiger partial charge is 0.430 e. The first-order chi connectivity index (χ1) is 10.8. The molecular weight excluding hydrogens is 346 g/mol. The van der Waals surface area contributed by atoms with Crippen LogP contribution >= 0.6 is 0 Å². The quantitative estimate of drug-likeness (QED) is 0.373. The van der Waals surface area contributed by atoms with E-state index < -0.39 is 45.2 Å². The molecule has 2 aromatic carbocycles. The van der Waals surface area contributed by atoms with Gasteiger partial charge in [-0.25, -0.2) is 0 Å². The lowest BCUT2D eigenvalue weighted by Gasteiger charge is -2.33. The van der Waals surface area contributed by atoms with Gasteiger partial charge in [0.25, 0.3) is 11.3 Å². The van der Waals surface area contributed by atoms with E-state index in [0.29, 0.717) is 0 Å². The van der Waals surface area contributed by atoms with E-state index in [-0.39, 0.29) is 11.5 Å². The van der Waals surface area contributed by atoms with Crippen molar-refractivity contribution in [1.29, 1.82) is 0 Å². The fraction of sp³-hybridized carbons (Fsp3) is 0.231. The van der Waals surface area contributed by atoms with Crippen molar-refractivity contribution in [3.63, 3.8) is 0 Å². The fourth-order valence-electron chi connectivity index (χ4n) is 2.30. The average molecular weight is 354 g/mol. The highest BCUT2D eigenvalue weighted by Gasteiger charge is 2.72. The number of fused-ring (bicyclic) bond motifs is 1. The number of nitrogens with two attached hydrogens (primary N) is 1. The van der Waals surface area contributed by atoms with Crippen LogP contribution in [-0.4, -0.2) is 22.4 Å². The molecule has 11 heteroatoms. The summed E-state index contributed by atoms with van der Waals surface area (Å²) in [5, 5.41) is 19.8. The van der Waals surface area contributed by atoms with Crippen molar-refractivity contribution in [1.82, 2.24) is 0 Å². The van der Waals surface area contributed by atoms with E-state index in [1.54, 1.807) is 0 Å². The zero-order valence-corrected chi connectivity index (χ0v) is 11.4. The number of benzene rings is 2. The number of anilines is 1. The Morgan fingerprint density at radius 3 is 1.88 bits per heavy atom. The molecule has 0 spiro atoms. The van der Waals surface area contributed by atoms with Gasteiger partial charge in [-0.05, 0) is 6.07 Å². The van der Waals surface area contributed by atoms with Gasteiger partial charge >= 0.3 is 12.4 Å². The summed E-state index contributed by atoms with van der Waals surface area (Å²) in [4.78, 5) is 9.87. The van der Waals surface area contributed by atoms with Crippen molar-refractivity contribution in [2.75, 3.05) is 5.73 Å². The molecule has 0 aliphatic carbocycles. The van der Waals surface area contributed by atoms with E-state index in [1.807, 2.05) is 0 Å². The zero-order chi connectivity index (χ0) is 18.5. The number of non-ortho nitro benzene ring substituents is 1. The van der Waals surface area contributed by atoms with E-state index >= 15 is 0 Å². The normalized spacial score (nSPS) is 13.3. The summed E-state index contributed by atoms with van der Waals surface area (Å²) in [7, 11) is 0. The van der Waals surface area contributed by atoms with Crippen molar-refractivity contribution >= 4 is 22.1 Å². The van der Waals surface area contributed by atoms with Gasteiger partial charge in [0.15, 0.2) is 0 Å². The van der Waals surface area contributed by atoms with E-state index in [1.165, 1.54) is 12.1 Å². The lowest BCUT2D eigenvalue weighted by Crippen LogP contribution is -2.54. The van der Waals surface area contributed by atoms with Crippen LogP contribution < -0.4 is 5.73 Å². The smallest absolute Gasteiger partial charge is 0.398 e. The molecule has 0 aromatic heterocycles. The molecule has 0 saturated heterocycles. The van der Waals surface area contributed by atoms with Crippen LogP contribution in [0.3, 0.4) is 0 Å². The molecule has 0 aliphatic heterocycles. The van der Waals surface area contributed by atoms with Crippen LogP contribution in [-0.2, 0) is 5.60 Å². The summed E-state index contributed by atoms with van der Waals surface area (Å²) in [6.07, 6.45) is -12.4. The molecule has 0 bridgehead atoms. The Morgan fingerprint density at radius 1 is 1.00 bits per heavy atom. The number of hydrogen-bond donors (Lipinski definition) is 2. The first kappa shape index (κ1) is 17.8. The molecule has 0 radical (unpaired) electrons. The minimum Gasteiger partial charge on any atom is -0.398 e. The summed E-state index contributed by atoms with van der Waals surface area (Å²) in [6.45, 7) is 0. The standard InChI is InChI=1S/C13H8F6N2O3/c14-12(15,16)11(22,13(17,18)19)8-5-9(21(23)24)6-3-1-2-4-7(6)10(8)20/h1-5,22H,20H2. The molecule has 2 aromatic rings. The number of halogens is 6. The maximum absolute atomic E-state index is 13.0. The van der Waals surface area contributed by atoms with Gasteiger partial charge in [-0.15, -0.1) is 0 Å². The molecule has 0 aliphatic rings. The minimum atomic E-state index is -6.20. The third kappa shape index (κ3) is 2.40. The van der Waals surface area contributed by atoms with Gasteiger partial charge in [-0.2, -0.15) is 26.3 Å². The number of nitrogen functional groups attached to an aromatic ring is 1. The maximum Gasteiger partial charge on any atom is 0.430 e. The molecule has 5 nitrogen and oxygen atoms in total. The van der Waals surface area contributed by atoms with Crippen LogP contribution in [0.4, 0.5) is 37.7 Å². The summed E-state index contributed by atoms with van der Waals surface area (Å²) < 4.78 is 78.0. The highest BCUT2D eigenvalue weighted by Crippen LogP contribution is 2.53. The van der Waals surface area contributed by atoms with Gasteiger partial charge in [0.2, 0.25) is 0 Å². The van der Waals surface area contributed by atoms with E-state index in [9.17, 15) is 41.6 Å². The lowest BCUT2D eigenvalue weighted by atomic mass is 9.88. The third-order valence-electron chi connectivity index (χ3n) is 3.47. The Hall–Kier alpha value is -2.56. The van der Waals surface area contributed by atoms with Crippen LogP contribution in [0.2, 0.25) is 0 Å². The number of nitro groups is 1. The molecule has 24 heavy (non-hydrogen) atoms. The molecule has 0 amide bonds. The number of alkyl halides is 6. The Balaban J connectivity index is 3.00. The second kappa shape index (κ2) is 5.23. The SMILES string of the molecule is Nc1c(C(O)(C(F)(F)F)C(F)(F)F)cc([N+](=O)[O-])c2ccccc12. The van der Waals surface area contributed by atoms with Gasteiger partial charge in [0, 0.05) is 22.7 Å². The van der Waals surface area contributed by atoms with Gasteiger partial charge in [-0.3, -0.25) is 10.1 Å². The second-order valence-corrected chi connectivity index (χ2v) is 4.87. The van der Waals surface area contributed by atoms with Crippen LogP contribution in [0.25, 0.3) is 10.8 Å². The molecule has 130 valence electrons. The molecule has 0 atom stereocenters. The maximum atomic E-state index is 13.0. The van der Waals surface area contributed by atoms with Crippen LogP contribution in [0.5, 0.6) is 0 Å². The number of nitrogens with zero attached hydrogens (tertiary/aromatic N) is 1. The van der Waals surface area contributed by atoms with Crippen molar-refractivity contribution in [2.45, 2.75) is 18.0 Å². The van der Waals surface area contributed by atoms with Gasteiger partial charge in [0.05, 0.1) is 10.3 Å². The van der Waals surface area contributed by atoms with Crippen LogP contribution in [0, 0.1) is 10.1 Å². The lowest BCUT2D eigenvalue weighted by molar-refractivity contribution is -0.385. The second-order valence-electron chi connectivity index (χ2n) is 4.87. The first-order valence-corrected chi connectivity index (χ1v) is 6.14. The van der Waals surface area contributed by atoms with E-state index in [2.05, 4.69) is 0 Å². The number of rotatable bonds is 2. The molecule has 2 rings (SSSR count). The zero-order valence-electron chi connectivity index (χ0n) is 11.4. The fourth-order valence-corrected chi connectivity index (χ4v) is 2.30. The molecule has 0 unspecified atom stereocenters. The van der Waals surface area contributed by atoms with Crippen molar-refractivity contribution in [3.05, 3.63) is 46.0 Å². The Bertz CT molecular complexity index is 802. The van der Waals surface area contributed by atoms with Crippen molar-refractivity contribution in [3.8, 4) is 0 Å². The highest BCUT2D eigenvalue weighted by atomic mass is 19.4. The Labute approximate surface area is 129 Å². The summed E-state index contributed by atoms with van der Waals surface area (Å²) in [6, 6.07) is 4.67. The predicted molar refractivity (Wildman–Crippen MR) is 71.0 cm³/mol. The van der Waals surface area contributed by atoms with Crippen LogP contribution in [0.15, 0.2) is 30.3 Å². The molecule has 0 fully saturated rings. The molecule has 3 N–H and O–H groups in total. The monoisotopic (exact) mass is 354 g/mol. The number of hydrogen-bond acceptors (Lipinski definition) is 4. The first-order valence-electron chi connectivity index (χ1n) is 6.14. The molecule has 0 heterocycles. The Kier molecular flexibility index (Phi) is 3.87. The van der Waals surface area contributed by atoms with Crippen molar-refractivity contribution < 1.29 is 36.4 Å². The Morgan fingerprint density at radius 2 is 1.46 bits per heavy atom. The molecular formula is C13H8F6N2O3. The number of nitro benzene ring substituents is 1. The van der Waals surface area contributed by atoms with Gasteiger partial charge in [-0.1, -0.05) is 18.2 Å². The van der Waals surface area contributed by atoms with Crippen LogP contribution in [0.1, 0.15) is 5.56 Å². The van der Waals surface area contributed by atoms with E-state index in [4.69, 9.17) is 5.73 Å². The highest BCUT2D eigenvalue weighted by molar-refractivity contribution is 6.00. The van der Waals surface area contributed by atoms with Gasteiger partial charge in [0.1, 0.15) is 0 Å². The minimum absolute atomic E-state index is 0.00134. The molecule has 0 saturated carbocycles. The predicted octanol–water partition coefficient (Wildman–Crippen LogP) is 3.64. The van der Waals surface area contributed by atoms with E-state index in [0.717, 1.165) is 12.1 Å². The average Bonchev–Trinajstić information content (AvgIpc) is 2.44. The number of aliphatic hydroxyl groups is 1. The summed E-state index contributed by atoms with van der Waals surface area (Å²) in [5.74, 6) is 0. The topological polar surface area (TPSA) is 89.4 Å².